The summed E-state index contributed by atoms with van der Waals surface area (Å²) in [6.45, 7) is 0.388. The SMILES string of the molecule is O=C(CNc1ccccc1C(=O)NCc1ccccc1)Nc1ccc(F)cc1. The molecule has 0 fully saturated rings. The van der Waals surface area contributed by atoms with E-state index in [0.29, 0.717) is 23.5 Å². The zero-order chi connectivity index (χ0) is 19.8. The Balaban J connectivity index is 1.57. The molecular weight excluding hydrogens is 357 g/mol. The van der Waals surface area contributed by atoms with Gasteiger partial charge in [-0.2, -0.15) is 0 Å². The molecule has 0 heterocycles. The fraction of sp³-hybridized carbons (Fsp3) is 0.0909. The lowest BCUT2D eigenvalue weighted by Gasteiger charge is -2.12. The van der Waals surface area contributed by atoms with Crippen molar-refractivity contribution in [2.45, 2.75) is 6.54 Å². The number of carbonyl (C=O) groups is 2. The van der Waals surface area contributed by atoms with E-state index in [1.54, 1.807) is 24.3 Å². The Labute approximate surface area is 162 Å². The number of hydrogen-bond acceptors (Lipinski definition) is 3. The summed E-state index contributed by atoms with van der Waals surface area (Å²) in [6.07, 6.45) is 0. The molecule has 0 aromatic heterocycles. The van der Waals surface area contributed by atoms with Crippen LogP contribution in [-0.4, -0.2) is 18.4 Å². The summed E-state index contributed by atoms with van der Waals surface area (Å²) in [4.78, 5) is 24.6. The van der Waals surface area contributed by atoms with Gasteiger partial charge in [-0.25, -0.2) is 4.39 Å². The monoisotopic (exact) mass is 377 g/mol. The first kappa shape index (κ1) is 19.1. The Kier molecular flexibility index (Phi) is 6.36. The predicted molar refractivity (Wildman–Crippen MR) is 108 cm³/mol. The van der Waals surface area contributed by atoms with Crippen molar-refractivity contribution in [1.82, 2.24) is 5.32 Å². The summed E-state index contributed by atoms with van der Waals surface area (Å²) in [5.74, 6) is -0.899. The Morgan fingerprint density at radius 1 is 0.821 bits per heavy atom. The van der Waals surface area contributed by atoms with Crippen LogP contribution in [0.3, 0.4) is 0 Å². The third-order valence-electron chi connectivity index (χ3n) is 4.03. The summed E-state index contributed by atoms with van der Waals surface area (Å²) in [6, 6.07) is 22.1. The second-order valence-electron chi connectivity index (χ2n) is 6.12. The molecule has 5 nitrogen and oxygen atoms in total. The largest absolute Gasteiger partial charge is 0.376 e. The van der Waals surface area contributed by atoms with E-state index in [2.05, 4.69) is 16.0 Å². The van der Waals surface area contributed by atoms with Gasteiger partial charge < -0.3 is 16.0 Å². The number of hydrogen-bond donors (Lipinski definition) is 3. The molecule has 3 rings (SSSR count). The summed E-state index contributed by atoms with van der Waals surface area (Å²) >= 11 is 0. The number of amides is 2. The average molecular weight is 377 g/mol. The molecule has 3 N–H and O–H groups in total. The van der Waals surface area contributed by atoms with E-state index < -0.39 is 0 Å². The molecule has 0 bridgehead atoms. The summed E-state index contributed by atoms with van der Waals surface area (Å²) in [5, 5.41) is 8.52. The molecule has 0 saturated carbocycles. The topological polar surface area (TPSA) is 70.2 Å². The minimum absolute atomic E-state index is 0.0274. The van der Waals surface area contributed by atoms with Gasteiger partial charge >= 0.3 is 0 Å². The quantitative estimate of drug-likeness (QED) is 0.586. The zero-order valence-corrected chi connectivity index (χ0v) is 15.1. The van der Waals surface area contributed by atoms with Gasteiger partial charge in [0.15, 0.2) is 0 Å². The fourth-order valence-electron chi connectivity index (χ4n) is 2.62. The van der Waals surface area contributed by atoms with Crippen LogP contribution in [0, 0.1) is 5.82 Å². The molecule has 28 heavy (non-hydrogen) atoms. The second kappa shape index (κ2) is 9.32. The van der Waals surface area contributed by atoms with Gasteiger partial charge in [-0.1, -0.05) is 42.5 Å². The number of halogens is 1. The molecule has 0 saturated heterocycles. The number of para-hydroxylation sites is 1. The van der Waals surface area contributed by atoms with E-state index in [4.69, 9.17) is 0 Å². The lowest BCUT2D eigenvalue weighted by Crippen LogP contribution is -2.26. The summed E-state index contributed by atoms with van der Waals surface area (Å²) < 4.78 is 12.9. The molecule has 6 heteroatoms. The molecule has 0 spiro atoms. The van der Waals surface area contributed by atoms with Crippen LogP contribution in [0.15, 0.2) is 78.9 Å². The minimum atomic E-state index is -0.369. The van der Waals surface area contributed by atoms with Crippen LogP contribution >= 0.6 is 0 Å². The highest BCUT2D eigenvalue weighted by molar-refractivity contribution is 6.00. The maximum atomic E-state index is 12.9. The number of rotatable bonds is 7. The molecule has 3 aromatic carbocycles. The second-order valence-corrected chi connectivity index (χ2v) is 6.12. The first-order valence-electron chi connectivity index (χ1n) is 8.82. The fourth-order valence-corrected chi connectivity index (χ4v) is 2.62. The average Bonchev–Trinajstić information content (AvgIpc) is 2.73. The van der Waals surface area contributed by atoms with Crippen molar-refractivity contribution < 1.29 is 14.0 Å². The van der Waals surface area contributed by atoms with Crippen molar-refractivity contribution in [2.24, 2.45) is 0 Å². The van der Waals surface area contributed by atoms with Crippen LogP contribution in [0.1, 0.15) is 15.9 Å². The van der Waals surface area contributed by atoms with Crippen molar-refractivity contribution in [3.05, 3.63) is 95.8 Å². The highest BCUT2D eigenvalue weighted by Crippen LogP contribution is 2.15. The molecule has 0 unspecified atom stereocenters. The van der Waals surface area contributed by atoms with Gasteiger partial charge in [0, 0.05) is 17.9 Å². The molecule has 2 amide bonds. The normalized spacial score (nSPS) is 10.2. The molecular formula is C22H20FN3O2. The summed E-state index contributed by atoms with van der Waals surface area (Å²) in [5.41, 5.74) is 2.51. The van der Waals surface area contributed by atoms with E-state index in [9.17, 15) is 14.0 Å². The lowest BCUT2D eigenvalue weighted by molar-refractivity contribution is -0.114. The van der Waals surface area contributed by atoms with Gasteiger partial charge in [-0.15, -0.1) is 0 Å². The van der Waals surface area contributed by atoms with Gasteiger partial charge in [0.2, 0.25) is 5.91 Å². The zero-order valence-electron chi connectivity index (χ0n) is 15.1. The van der Waals surface area contributed by atoms with Crippen molar-refractivity contribution in [2.75, 3.05) is 17.2 Å². The van der Waals surface area contributed by atoms with Crippen molar-refractivity contribution in [3.63, 3.8) is 0 Å². The Morgan fingerprint density at radius 2 is 1.50 bits per heavy atom. The van der Waals surface area contributed by atoms with Gasteiger partial charge in [0.05, 0.1) is 12.1 Å². The van der Waals surface area contributed by atoms with Crippen molar-refractivity contribution in [3.8, 4) is 0 Å². The molecule has 0 aliphatic carbocycles. The van der Waals surface area contributed by atoms with E-state index >= 15 is 0 Å². The molecule has 3 aromatic rings. The number of benzene rings is 3. The van der Waals surface area contributed by atoms with Gasteiger partial charge in [-0.3, -0.25) is 9.59 Å². The van der Waals surface area contributed by atoms with Gasteiger partial charge in [0.1, 0.15) is 5.82 Å². The van der Waals surface area contributed by atoms with Crippen LogP contribution in [0.25, 0.3) is 0 Å². The van der Waals surface area contributed by atoms with Crippen LogP contribution in [-0.2, 0) is 11.3 Å². The first-order valence-corrected chi connectivity index (χ1v) is 8.82. The van der Waals surface area contributed by atoms with Gasteiger partial charge in [-0.05, 0) is 42.0 Å². The Hall–Kier alpha value is -3.67. The molecule has 142 valence electrons. The molecule has 0 aliphatic rings. The Morgan fingerprint density at radius 3 is 2.25 bits per heavy atom. The molecule has 0 atom stereocenters. The van der Waals surface area contributed by atoms with E-state index in [-0.39, 0.29) is 24.2 Å². The number of nitrogens with one attached hydrogen (secondary N) is 3. The smallest absolute Gasteiger partial charge is 0.253 e. The van der Waals surface area contributed by atoms with Crippen LogP contribution < -0.4 is 16.0 Å². The van der Waals surface area contributed by atoms with E-state index in [1.165, 1.54) is 24.3 Å². The van der Waals surface area contributed by atoms with Crippen LogP contribution in [0.5, 0.6) is 0 Å². The van der Waals surface area contributed by atoms with Crippen molar-refractivity contribution >= 4 is 23.2 Å². The highest BCUT2D eigenvalue weighted by Gasteiger charge is 2.11. The van der Waals surface area contributed by atoms with Crippen LogP contribution in [0.4, 0.5) is 15.8 Å². The first-order chi connectivity index (χ1) is 13.6. The van der Waals surface area contributed by atoms with Gasteiger partial charge in [0.25, 0.3) is 5.91 Å². The van der Waals surface area contributed by atoms with E-state index in [0.717, 1.165) is 5.56 Å². The minimum Gasteiger partial charge on any atom is -0.376 e. The summed E-state index contributed by atoms with van der Waals surface area (Å²) in [7, 11) is 0. The number of anilines is 2. The highest BCUT2D eigenvalue weighted by atomic mass is 19.1. The predicted octanol–water partition coefficient (Wildman–Crippen LogP) is 3.81. The van der Waals surface area contributed by atoms with Crippen molar-refractivity contribution in [1.29, 1.82) is 0 Å². The third kappa shape index (κ3) is 5.41. The third-order valence-corrected chi connectivity index (χ3v) is 4.03. The standard InChI is InChI=1S/C22H20FN3O2/c23-17-10-12-18(13-11-17)26-21(27)15-24-20-9-5-4-8-19(20)22(28)25-14-16-6-2-1-3-7-16/h1-13,24H,14-15H2,(H,25,28)(H,26,27). The maximum Gasteiger partial charge on any atom is 0.253 e. The Bertz CT molecular complexity index is 944. The number of carbonyl (C=O) groups excluding carboxylic acids is 2. The van der Waals surface area contributed by atoms with E-state index in [1.807, 2.05) is 30.3 Å². The molecule has 0 radical (unpaired) electrons. The molecule has 0 aliphatic heterocycles. The maximum absolute atomic E-state index is 12.9. The van der Waals surface area contributed by atoms with Crippen LogP contribution in [0.2, 0.25) is 0 Å². The lowest BCUT2D eigenvalue weighted by atomic mass is 10.1.